The van der Waals surface area contributed by atoms with Crippen LogP contribution in [0.1, 0.15) is 31.1 Å². The Bertz CT molecular complexity index is 421. The molecule has 0 saturated carbocycles. The van der Waals surface area contributed by atoms with E-state index >= 15 is 0 Å². The summed E-state index contributed by atoms with van der Waals surface area (Å²) in [5.41, 5.74) is -0.219. The highest BCUT2D eigenvalue weighted by Crippen LogP contribution is 2.15. The lowest BCUT2D eigenvalue weighted by Gasteiger charge is -2.29. The molecule has 0 radical (unpaired) electrons. The van der Waals surface area contributed by atoms with E-state index in [0.29, 0.717) is 12.1 Å². The number of hydrogen-bond acceptors (Lipinski definition) is 4. The fourth-order valence-corrected chi connectivity index (χ4v) is 1.78. The first kappa shape index (κ1) is 15.4. The minimum Gasteiger partial charge on any atom is -0.389 e. The van der Waals surface area contributed by atoms with E-state index in [2.05, 4.69) is 4.98 Å². The Morgan fingerprint density at radius 3 is 2.37 bits per heavy atom. The maximum atomic E-state index is 11.8. The molecule has 0 aliphatic heterocycles. The Balaban J connectivity index is 2.88. The van der Waals surface area contributed by atoms with Crippen LogP contribution in [0.4, 0.5) is 5.82 Å². The number of hydrogen-bond donors (Lipinski definition) is 1. The summed E-state index contributed by atoms with van der Waals surface area (Å²) in [4.78, 5) is 19.6. The lowest BCUT2D eigenvalue weighted by Crippen LogP contribution is -2.39. The number of aliphatic hydroxyl groups is 1. The van der Waals surface area contributed by atoms with Gasteiger partial charge in [0.25, 0.3) is 5.91 Å². The van der Waals surface area contributed by atoms with Crippen molar-refractivity contribution in [1.82, 2.24) is 9.88 Å². The second-order valence-electron chi connectivity index (χ2n) is 5.43. The van der Waals surface area contributed by atoms with Gasteiger partial charge in [0.05, 0.1) is 11.2 Å². The third-order valence-electron chi connectivity index (χ3n) is 2.68. The van der Waals surface area contributed by atoms with Crippen LogP contribution in [-0.2, 0) is 0 Å². The van der Waals surface area contributed by atoms with Crippen LogP contribution in [0.15, 0.2) is 18.3 Å². The van der Waals surface area contributed by atoms with E-state index in [1.807, 2.05) is 17.9 Å². The van der Waals surface area contributed by atoms with Crippen LogP contribution in [0.25, 0.3) is 0 Å². The van der Waals surface area contributed by atoms with Crippen molar-refractivity contribution in [1.29, 1.82) is 0 Å². The first-order valence-electron chi connectivity index (χ1n) is 6.39. The van der Waals surface area contributed by atoms with Gasteiger partial charge in [-0.15, -0.1) is 0 Å². The van der Waals surface area contributed by atoms with Gasteiger partial charge in [-0.3, -0.25) is 4.79 Å². The first-order chi connectivity index (χ1) is 8.74. The standard InChI is InChI=1S/C14H23N3O2/c1-6-17(10-14(2,3)19)12-8-7-11(9-15-12)13(18)16(4)5/h7-9,19H,6,10H2,1-5H3. The molecule has 106 valence electrons. The van der Waals surface area contributed by atoms with E-state index in [1.165, 1.54) is 4.90 Å². The van der Waals surface area contributed by atoms with Gasteiger partial charge in [-0.05, 0) is 32.9 Å². The Labute approximate surface area is 114 Å². The SMILES string of the molecule is CCN(CC(C)(C)O)c1ccc(C(=O)N(C)C)cn1. The van der Waals surface area contributed by atoms with Crippen LogP contribution in [0, 0.1) is 0 Å². The predicted molar refractivity (Wildman–Crippen MR) is 76.4 cm³/mol. The summed E-state index contributed by atoms with van der Waals surface area (Å²) in [5.74, 6) is 0.699. The van der Waals surface area contributed by atoms with Crippen molar-refractivity contribution in [2.24, 2.45) is 0 Å². The predicted octanol–water partition coefficient (Wildman–Crippen LogP) is 1.38. The largest absolute Gasteiger partial charge is 0.389 e. The molecular formula is C14H23N3O2. The molecule has 1 N–H and O–H groups in total. The summed E-state index contributed by atoms with van der Waals surface area (Å²) in [6, 6.07) is 3.57. The highest BCUT2D eigenvalue weighted by Gasteiger charge is 2.18. The Morgan fingerprint density at radius 1 is 1.37 bits per heavy atom. The average molecular weight is 265 g/mol. The summed E-state index contributed by atoms with van der Waals surface area (Å²) in [7, 11) is 3.42. The van der Waals surface area contributed by atoms with E-state index in [0.717, 1.165) is 12.4 Å². The molecule has 5 heteroatoms. The zero-order valence-electron chi connectivity index (χ0n) is 12.3. The molecule has 1 aromatic rings. The minimum atomic E-state index is -0.782. The molecule has 1 rings (SSSR count). The number of amides is 1. The fraction of sp³-hybridized carbons (Fsp3) is 0.571. The second-order valence-corrected chi connectivity index (χ2v) is 5.43. The van der Waals surface area contributed by atoms with Crippen LogP contribution in [0.2, 0.25) is 0 Å². The van der Waals surface area contributed by atoms with Crippen molar-refractivity contribution in [2.75, 3.05) is 32.1 Å². The molecule has 19 heavy (non-hydrogen) atoms. The highest BCUT2D eigenvalue weighted by atomic mass is 16.3. The van der Waals surface area contributed by atoms with E-state index in [1.54, 1.807) is 40.2 Å². The molecule has 0 unspecified atom stereocenters. The fourth-order valence-electron chi connectivity index (χ4n) is 1.78. The van der Waals surface area contributed by atoms with Crippen molar-refractivity contribution < 1.29 is 9.90 Å². The lowest BCUT2D eigenvalue weighted by atomic mass is 10.1. The Kier molecular flexibility index (Phi) is 4.89. The van der Waals surface area contributed by atoms with Crippen molar-refractivity contribution in [2.45, 2.75) is 26.4 Å². The van der Waals surface area contributed by atoms with Crippen molar-refractivity contribution >= 4 is 11.7 Å². The topological polar surface area (TPSA) is 56.7 Å². The molecule has 5 nitrogen and oxygen atoms in total. The first-order valence-corrected chi connectivity index (χ1v) is 6.39. The van der Waals surface area contributed by atoms with Crippen molar-refractivity contribution in [3.63, 3.8) is 0 Å². The number of carbonyl (C=O) groups is 1. The van der Waals surface area contributed by atoms with Gasteiger partial charge in [0.1, 0.15) is 5.82 Å². The number of pyridine rings is 1. The third kappa shape index (κ3) is 4.52. The number of nitrogens with zero attached hydrogens (tertiary/aromatic N) is 3. The van der Waals surface area contributed by atoms with E-state index in [9.17, 15) is 9.90 Å². The van der Waals surface area contributed by atoms with Gasteiger partial charge in [0, 0.05) is 33.4 Å². The van der Waals surface area contributed by atoms with Gasteiger partial charge in [0.2, 0.25) is 0 Å². The number of carbonyl (C=O) groups excluding carboxylic acids is 1. The van der Waals surface area contributed by atoms with Crippen LogP contribution in [0.3, 0.4) is 0 Å². The average Bonchev–Trinajstić information content (AvgIpc) is 2.34. The molecular weight excluding hydrogens is 242 g/mol. The summed E-state index contributed by atoms with van der Waals surface area (Å²) in [6.07, 6.45) is 1.57. The highest BCUT2D eigenvalue weighted by molar-refractivity contribution is 5.93. The summed E-state index contributed by atoms with van der Waals surface area (Å²) in [5, 5.41) is 9.87. The van der Waals surface area contributed by atoms with Crippen molar-refractivity contribution in [3.8, 4) is 0 Å². The number of likely N-dealkylation sites (N-methyl/N-ethyl adjacent to an activating group) is 1. The number of anilines is 1. The maximum absolute atomic E-state index is 11.8. The van der Waals surface area contributed by atoms with E-state index in [-0.39, 0.29) is 5.91 Å². The van der Waals surface area contributed by atoms with Gasteiger partial charge in [-0.25, -0.2) is 4.98 Å². The quantitative estimate of drug-likeness (QED) is 0.874. The van der Waals surface area contributed by atoms with Crippen LogP contribution in [0.5, 0.6) is 0 Å². The molecule has 0 aliphatic rings. The molecule has 0 aromatic carbocycles. The third-order valence-corrected chi connectivity index (χ3v) is 2.68. The molecule has 0 spiro atoms. The summed E-state index contributed by atoms with van der Waals surface area (Å²) in [6.45, 7) is 6.78. The zero-order chi connectivity index (χ0) is 14.6. The minimum absolute atomic E-state index is 0.0652. The Hall–Kier alpha value is -1.62. The van der Waals surface area contributed by atoms with Gasteiger partial charge in [0.15, 0.2) is 0 Å². The number of aromatic nitrogens is 1. The van der Waals surface area contributed by atoms with Gasteiger partial charge in [-0.1, -0.05) is 0 Å². The molecule has 0 bridgehead atoms. The monoisotopic (exact) mass is 265 g/mol. The summed E-state index contributed by atoms with van der Waals surface area (Å²) >= 11 is 0. The molecule has 0 fully saturated rings. The van der Waals surface area contributed by atoms with Crippen LogP contribution >= 0.6 is 0 Å². The van der Waals surface area contributed by atoms with Gasteiger partial charge >= 0.3 is 0 Å². The lowest BCUT2D eigenvalue weighted by molar-refractivity contribution is 0.0825. The summed E-state index contributed by atoms with van der Waals surface area (Å²) < 4.78 is 0. The molecule has 0 atom stereocenters. The van der Waals surface area contributed by atoms with Crippen LogP contribution in [-0.4, -0.2) is 53.7 Å². The number of rotatable bonds is 5. The molecule has 1 amide bonds. The van der Waals surface area contributed by atoms with E-state index in [4.69, 9.17) is 0 Å². The normalized spacial score (nSPS) is 11.3. The molecule has 0 saturated heterocycles. The van der Waals surface area contributed by atoms with E-state index < -0.39 is 5.60 Å². The molecule has 1 aromatic heterocycles. The molecule has 0 aliphatic carbocycles. The van der Waals surface area contributed by atoms with Gasteiger partial charge in [-0.2, -0.15) is 0 Å². The molecule has 1 heterocycles. The van der Waals surface area contributed by atoms with Crippen molar-refractivity contribution in [3.05, 3.63) is 23.9 Å². The van der Waals surface area contributed by atoms with Gasteiger partial charge < -0.3 is 14.9 Å². The van der Waals surface area contributed by atoms with Crippen LogP contribution < -0.4 is 4.90 Å². The Morgan fingerprint density at radius 2 is 2.00 bits per heavy atom. The smallest absolute Gasteiger partial charge is 0.254 e. The second kappa shape index (κ2) is 6.02. The maximum Gasteiger partial charge on any atom is 0.254 e. The zero-order valence-corrected chi connectivity index (χ0v) is 12.3.